The van der Waals surface area contributed by atoms with Gasteiger partial charge in [-0.3, -0.25) is 9.59 Å². The first-order valence-corrected chi connectivity index (χ1v) is 9.64. The molecule has 2 amide bonds. The van der Waals surface area contributed by atoms with Gasteiger partial charge < -0.3 is 10.2 Å². The van der Waals surface area contributed by atoms with Crippen LogP contribution >= 0.6 is 11.8 Å². The lowest BCUT2D eigenvalue weighted by atomic mass is 9.87. The Morgan fingerprint density at radius 1 is 1.23 bits per heavy atom. The van der Waals surface area contributed by atoms with Crippen LogP contribution in [0, 0.1) is 0 Å². The predicted molar refractivity (Wildman–Crippen MR) is 105 cm³/mol. The van der Waals surface area contributed by atoms with E-state index in [4.69, 9.17) is 0 Å². The molecule has 7 heteroatoms. The molecule has 0 bridgehead atoms. The summed E-state index contributed by atoms with van der Waals surface area (Å²) < 4.78 is 1.75. The lowest BCUT2D eigenvalue weighted by molar-refractivity contribution is -0.116. The Kier molecular flexibility index (Phi) is 5.36. The highest BCUT2D eigenvalue weighted by molar-refractivity contribution is 8.13. The number of anilines is 1. The molecule has 1 aromatic carbocycles. The summed E-state index contributed by atoms with van der Waals surface area (Å²) >= 11 is 1.25. The van der Waals surface area contributed by atoms with E-state index >= 15 is 0 Å². The summed E-state index contributed by atoms with van der Waals surface area (Å²) in [6, 6.07) is 10.2. The van der Waals surface area contributed by atoms with Crippen LogP contribution in [0.1, 0.15) is 31.9 Å². The highest BCUT2D eigenvalue weighted by Gasteiger charge is 2.23. The van der Waals surface area contributed by atoms with E-state index < -0.39 is 0 Å². The van der Waals surface area contributed by atoms with Crippen LogP contribution < -0.4 is 5.32 Å². The van der Waals surface area contributed by atoms with Crippen molar-refractivity contribution in [2.75, 3.05) is 24.2 Å². The molecule has 1 N–H and O–H groups in total. The van der Waals surface area contributed by atoms with Crippen molar-refractivity contribution in [3.63, 3.8) is 0 Å². The quantitative estimate of drug-likeness (QED) is 0.874. The third-order valence-electron chi connectivity index (χ3n) is 4.32. The third-order valence-corrected chi connectivity index (χ3v) is 5.21. The number of carbonyl (C=O) groups is 2. The average Bonchev–Trinajstić information content (AvgIpc) is 3.17. The topological polar surface area (TPSA) is 67.2 Å². The minimum Gasteiger partial charge on any atom is -0.323 e. The summed E-state index contributed by atoms with van der Waals surface area (Å²) in [5.41, 5.74) is 2.51. The van der Waals surface area contributed by atoms with E-state index in [0.717, 1.165) is 11.3 Å². The summed E-state index contributed by atoms with van der Waals surface area (Å²) in [7, 11) is 0. The molecule has 1 aliphatic rings. The zero-order valence-corrected chi connectivity index (χ0v) is 16.2. The Labute approximate surface area is 157 Å². The minimum absolute atomic E-state index is 0.0346. The van der Waals surface area contributed by atoms with Crippen LogP contribution in [-0.2, 0) is 16.8 Å². The number of thioether (sulfide) groups is 1. The Balaban J connectivity index is 1.63. The van der Waals surface area contributed by atoms with Crippen LogP contribution in [0.2, 0.25) is 0 Å². The van der Waals surface area contributed by atoms with Gasteiger partial charge in [0, 0.05) is 18.4 Å². The molecule has 0 atom stereocenters. The molecule has 0 aliphatic carbocycles. The second kappa shape index (κ2) is 7.53. The van der Waals surface area contributed by atoms with Gasteiger partial charge in [-0.05, 0) is 16.5 Å². The van der Waals surface area contributed by atoms with E-state index in [-0.39, 0.29) is 23.1 Å². The number of amides is 2. The van der Waals surface area contributed by atoms with E-state index in [2.05, 4.69) is 55.5 Å². The second-order valence-corrected chi connectivity index (χ2v) is 8.45. The molecule has 138 valence electrons. The predicted octanol–water partition coefficient (Wildman–Crippen LogP) is 3.34. The molecule has 26 heavy (non-hydrogen) atoms. The van der Waals surface area contributed by atoms with E-state index in [1.165, 1.54) is 17.3 Å². The van der Waals surface area contributed by atoms with Crippen molar-refractivity contribution < 1.29 is 9.59 Å². The fourth-order valence-corrected chi connectivity index (χ4v) is 3.60. The van der Waals surface area contributed by atoms with Crippen molar-refractivity contribution in [1.82, 2.24) is 14.7 Å². The highest BCUT2D eigenvalue weighted by atomic mass is 32.2. The summed E-state index contributed by atoms with van der Waals surface area (Å²) in [4.78, 5) is 25.4. The smallest absolute Gasteiger partial charge is 0.282 e. The summed E-state index contributed by atoms with van der Waals surface area (Å²) in [5.74, 6) is 1.18. The highest BCUT2D eigenvalue weighted by Crippen LogP contribution is 2.23. The van der Waals surface area contributed by atoms with Gasteiger partial charge in [-0.15, -0.1) is 0 Å². The normalized spacial score (nSPS) is 14.7. The Morgan fingerprint density at radius 3 is 2.58 bits per heavy atom. The molecule has 0 spiro atoms. The van der Waals surface area contributed by atoms with E-state index in [9.17, 15) is 9.59 Å². The molecule has 1 fully saturated rings. The fraction of sp³-hybridized carbons (Fsp3) is 0.421. The number of benzene rings is 1. The number of nitrogens with one attached hydrogen (secondary N) is 1. The van der Waals surface area contributed by atoms with Crippen LogP contribution in [0.25, 0.3) is 0 Å². The van der Waals surface area contributed by atoms with Gasteiger partial charge in [-0.1, -0.05) is 56.8 Å². The van der Waals surface area contributed by atoms with Crippen molar-refractivity contribution in [1.29, 1.82) is 0 Å². The summed E-state index contributed by atoms with van der Waals surface area (Å²) in [5, 5.41) is 7.12. The molecule has 2 aromatic rings. The lowest BCUT2D eigenvalue weighted by Gasteiger charge is -2.19. The first-order valence-electron chi connectivity index (χ1n) is 8.66. The van der Waals surface area contributed by atoms with Gasteiger partial charge in [-0.25, -0.2) is 4.68 Å². The van der Waals surface area contributed by atoms with Gasteiger partial charge in [0.2, 0.25) is 5.91 Å². The van der Waals surface area contributed by atoms with Crippen LogP contribution in [0.4, 0.5) is 10.6 Å². The van der Waals surface area contributed by atoms with Crippen molar-refractivity contribution in [3.05, 3.63) is 47.7 Å². The Hall–Kier alpha value is -2.28. The van der Waals surface area contributed by atoms with Crippen LogP contribution in [0.3, 0.4) is 0 Å². The molecule has 0 saturated carbocycles. The number of hydrogen-bond acceptors (Lipinski definition) is 4. The molecule has 2 heterocycles. The molecule has 0 radical (unpaired) electrons. The van der Waals surface area contributed by atoms with Crippen molar-refractivity contribution in [2.45, 2.75) is 32.7 Å². The standard InChI is InChI=1S/C19H24N4O2S/c1-19(2,3)15-6-4-14(5-7-15)12-23-16(8-9-20-23)21-17(24)13-22-10-11-26-18(22)25/h4-9H,10-13H2,1-3H3,(H,21,24). The first kappa shape index (κ1) is 18.5. The second-order valence-electron chi connectivity index (χ2n) is 7.41. The van der Waals surface area contributed by atoms with Gasteiger partial charge in [0.1, 0.15) is 12.4 Å². The lowest BCUT2D eigenvalue weighted by Crippen LogP contribution is -2.33. The number of aromatic nitrogens is 2. The summed E-state index contributed by atoms with van der Waals surface area (Å²) in [6.45, 7) is 7.84. The number of rotatable bonds is 5. The van der Waals surface area contributed by atoms with E-state index in [0.29, 0.717) is 18.9 Å². The Morgan fingerprint density at radius 2 is 1.96 bits per heavy atom. The van der Waals surface area contributed by atoms with Gasteiger partial charge in [0.15, 0.2) is 0 Å². The Bertz CT molecular complexity index is 793. The maximum Gasteiger partial charge on any atom is 0.282 e. The largest absolute Gasteiger partial charge is 0.323 e. The SMILES string of the molecule is CC(C)(C)c1ccc(Cn2nccc2NC(=O)CN2CCSC2=O)cc1. The fourth-order valence-electron chi connectivity index (χ4n) is 2.77. The summed E-state index contributed by atoms with van der Waals surface area (Å²) in [6.07, 6.45) is 1.66. The van der Waals surface area contributed by atoms with Crippen molar-refractivity contribution in [2.24, 2.45) is 0 Å². The van der Waals surface area contributed by atoms with Crippen LogP contribution in [0.15, 0.2) is 36.5 Å². The molecule has 3 rings (SSSR count). The van der Waals surface area contributed by atoms with Crippen LogP contribution in [-0.4, -0.2) is 44.7 Å². The maximum absolute atomic E-state index is 12.2. The monoisotopic (exact) mass is 372 g/mol. The van der Waals surface area contributed by atoms with Crippen LogP contribution in [0.5, 0.6) is 0 Å². The van der Waals surface area contributed by atoms with Gasteiger partial charge in [-0.2, -0.15) is 5.10 Å². The molecule has 1 aliphatic heterocycles. The van der Waals surface area contributed by atoms with Crippen molar-refractivity contribution >= 4 is 28.7 Å². The molecule has 1 aromatic heterocycles. The molecule has 6 nitrogen and oxygen atoms in total. The molecule has 1 saturated heterocycles. The van der Waals surface area contributed by atoms with E-state index in [1.54, 1.807) is 21.8 Å². The van der Waals surface area contributed by atoms with Gasteiger partial charge in [0.05, 0.1) is 12.7 Å². The zero-order valence-electron chi connectivity index (χ0n) is 15.4. The maximum atomic E-state index is 12.2. The minimum atomic E-state index is -0.203. The molecular formula is C19H24N4O2S. The third kappa shape index (κ3) is 4.46. The molecular weight excluding hydrogens is 348 g/mol. The first-order chi connectivity index (χ1) is 12.3. The van der Waals surface area contributed by atoms with E-state index in [1.807, 2.05) is 0 Å². The molecule has 0 unspecified atom stereocenters. The van der Waals surface area contributed by atoms with Gasteiger partial charge in [0.25, 0.3) is 5.24 Å². The van der Waals surface area contributed by atoms with Gasteiger partial charge >= 0.3 is 0 Å². The number of nitrogens with zero attached hydrogens (tertiary/aromatic N) is 3. The average molecular weight is 372 g/mol. The zero-order chi connectivity index (χ0) is 18.7. The number of hydrogen-bond donors (Lipinski definition) is 1. The number of carbonyl (C=O) groups excluding carboxylic acids is 2. The van der Waals surface area contributed by atoms with Crippen molar-refractivity contribution in [3.8, 4) is 0 Å².